The lowest BCUT2D eigenvalue weighted by Crippen LogP contribution is -2.45. The van der Waals surface area contributed by atoms with Gasteiger partial charge in [-0.15, -0.1) is 0 Å². The number of carbonyl (C=O) groups is 1. The lowest BCUT2D eigenvalue weighted by atomic mass is 9.91. The number of nitrogens with zero attached hydrogens (tertiary/aromatic N) is 1. The van der Waals surface area contributed by atoms with E-state index < -0.39 is 0 Å². The Balaban J connectivity index is 2.03. The fourth-order valence-corrected chi connectivity index (χ4v) is 2.70. The number of aliphatic hydroxyl groups excluding tert-OH is 1. The van der Waals surface area contributed by atoms with Gasteiger partial charge in [0, 0.05) is 19.2 Å². The highest BCUT2D eigenvalue weighted by molar-refractivity contribution is 5.79. The summed E-state index contributed by atoms with van der Waals surface area (Å²) >= 11 is 0. The minimum absolute atomic E-state index is 0.134. The largest absolute Gasteiger partial charge is 0.496 e. The molecule has 0 radical (unpaired) electrons. The molecule has 4 heteroatoms. The number of hydrogen-bond acceptors (Lipinski definition) is 3. The molecular formula is C17H25NO3. The number of benzene rings is 1. The smallest absolute Gasteiger partial charge is 0.227 e. The van der Waals surface area contributed by atoms with Crippen LogP contribution in [0.15, 0.2) is 18.2 Å². The predicted molar refractivity (Wildman–Crippen MR) is 82.5 cm³/mol. The van der Waals surface area contributed by atoms with E-state index in [1.54, 1.807) is 7.11 Å². The van der Waals surface area contributed by atoms with E-state index in [9.17, 15) is 4.79 Å². The van der Waals surface area contributed by atoms with Crippen LogP contribution in [0.4, 0.5) is 0 Å². The summed E-state index contributed by atoms with van der Waals surface area (Å²) in [6, 6.07) is 6.29. The van der Waals surface area contributed by atoms with Gasteiger partial charge in [-0.1, -0.05) is 12.1 Å². The molecule has 1 amide bonds. The Morgan fingerprint density at radius 3 is 2.76 bits per heavy atom. The Hall–Kier alpha value is -1.55. The third kappa shape index (κ3) is 3.97. The zero-order valence-electron chi connectivity index (χ0n) is 13.0. The number of hydrogen-bond donors (Lipinski definition) is 1. The highest BCUT2D eigenvalue weighted by Crippen LogP contribution is 2.26. The van der Waals surface area contributed by atoms with Gasteiger partial charge in [0.2, 0.25) is 5.91 Å². The van der Waals surface area contributed by atoms with E-state index in [1.807, 2.05) is 30.0 Å². The highest BCUT2D eigenvalue weighted by atomic mass is 16.5. The molecule has 0 bridgehead atoms. The molecule has 0 aliphatic heterocycles. The van der Waals surface area contributed by atoms with Crippen LogP contribution in [0.3, 0.4) is 0 Å². The maximum absolute atomic E-state index is 12.5. The average Bonchev–Trinajstić information content (AvgIpc) is 2.43. The van der Waals surface area contributed by atoms with Crippen LogP contribution in [0, 0.1) is 6.92 Å². The van der Waals surface area contributed by atoms with E-state index in [-0.39, 0.29) is 12.5 Å². The third-order valence-corrected chi connectivity index (χ3v) is 4.22. The second kappa shape index (κ2) is 7.46. The lowest BCUT2D eigenvalue weighted by molar-refractivity contribution is -0.134. The number of ether oxygens (including phenoxy) is 1. The molecule has 4 nitrogen and oxygen atoms in total. The molecule has 21 heavy (non-hydrogen) atoms. The van der Waals surface area contributed by atoms with Crippen molar-refractivity contribution in [1.82, 2.24) is 4.90 Å². The van der Waals surface area contributed by atoms with Crippen LogP contribution < -0.4 is 4.74 Å². The van der Waals surface area contributed by atoms with Crippen LogP contribution in [0.5, 0.6) is 5.75 Å². The number of carbonyl (C=O) groups excluding carboxylic acids is 1. The molecular weight excluding hydrogens is 266 g/mol. The molecule has 0 unspecified atom stereocenters. The number of aryl methyl sites for hydroxylation is 1. The third-order valence-electron chi connectivity index (χ3n) is 4.22. The molecule has 1 aliphatic rings. The van der Waals surface area contributed by atoms with Crippen LogP contribution in [-0.2, 0) is 11.2 Å². The first kappa shape index (κ1) is 15.8. The van der Waals surface area contributed by atoms with Gasteiger partial charge >= 0.3 is 0 Å². The molecule has 1 aromatic rings. The molecule has 1 saturated carbocycles. The Morgan fingerprint density at radius 2 is 2.19 bits per heavy atom. The summed E-state index contributed by atoms with van der Waals surface area (Å²) in [5.41, 5.74) is 2.06. The Kier molecular flexibility index (Phi) is 5.62. The van der Waals surface area contributed by atoms with Gasteiger partial charge in [0.15, 0.2) is 0 Å². The van der Waals surface area contributed by atoms with Gasteiger partial charge in [-0.25, -0.2) is 0 Å². The van der Waals surface area contributed by atoms with Crippen LogP contribution >= 0.6 is 0 Å². The molecule has 0 aromatic heterocycles. The van der Waals surface area contributed by atoms with E-state index in [2.05, 4.69) is 0 Å². The monoisotopic (exact) mass is 291 g/mol. The first-order valence-electron chi connectivity index (χ1n) is 7.69. The van der Waals surface area contributed by atoms with E-state index >= 15 is 0 Å². The fraction of sp³-hybridized carbons (Fsp3) is 0.588. The number of methoxy groups -OCH3 is 1. The maximum atomic E-state index is 12.5. The van der Waals surface area contributed by atoms with Crippen molar-refractivity contribution in [2.24, 2.45) is 0 Å². The molecule has 0 saturated heterocycles. The second-order valence-electron chi connectivity index (χ2n) is 5.73. The average molecular weight is 291 g/mol. The Labute approximate surface area is 126 Å². The summed E-state index contributed by atoms with van der Waals surface area (Å²) in [4.78, 5) is 14.5. The summed E-state index contributed by atoms with van der Waals surface area (Å²) < 4.78 is 5.31. The minimum Gasteiger partial charge on any atom is -0.496 e. The van der Waals surface area contributed by atoms with Gasteiger partial charge in [-0.2, -0.15) is 0 Å². The second-order valence-corrected chi connectivity index (χ2v) is 5.73. The minimum atomic E-state index is 0.134. The van der Waals surface area contributed by atoms with E-state index in [0.717, 1.165) is 29.7 Å². The van der Waals surface area contributed by atoms with Crippen molar-refractivity contribution in [3.63, 3.8) is 0 Å². The van der Waals surface area contributed by atoms with Crippen molar-refractivity contribution in [1.29, 1.82) is 0 Å². The summed E-state index contributed by atoms with van der Waals surface area (Å²) in [6.45, 7) is 2.78. The normalized spacial score (nSPS) is 14.6. The van der Waals surface area contributed by atoms with Gasteiger partial charge in [0.05, 0.1) is 13.5 Å². The molecule has 2 rings (SSSR count). The number of rotatable bonds is 7. The molecule has 1 N–H and O–H groups in total. The van der Waals surface area contributed by atoms with Gasteiger partial charge in [0.25, 0.3) is 0 Å². The number of aliphatic hydroxyl groups is 1. The van der Waals surface area contributed by atoms with Gasteiger partial charge in [0.1, 0.15) is 5.75 Å². The highest BCUT2D eigenvalue weighted by Gasteiger charge is 2.28. The molecule has 0 spiro atoms. The van der Waals surface area contributed by atoms with E-state index in [1.165, 1.54) is 6.42 Å². The Morgan fingerprint density at radius 1 is 1.43 bits per heavy atom. The van der Waals surface area contributed by atoms with Crippen molar-refractivity contribution in [2.45, 2.75) is 45.1 Å². The van der Waals surface area contributed by atoms with Crippen molar-refractivity contribution in [3.8, 4) is 5.75 Å². The van der Waals surface area contributed by atoms with Crippen LogP contribution in [-0.4, -0.2) is 42.2 Å². The molecule has 1 fully saturated rings. The van der Waals surface area contributed by atoms with Crippen molar-refractivity contribution in [2.75, 3.05) is 20.3 Å². The lowest BCUT2D eigenvalue weighted by Gasteiger charge is -2.37. The Bertz CT molecular complexity index is 483. The summed E-state index contributed by atoms with van der Waals surface area (Å²) in [7, 11) is 1.65. The zero-order chi connectivity index (χ0) is 15.2. The van der Waals surface area contributed by atoms with E-state index in [0.29, 0.717) is 25.4 Å². The molecule has 116 valence electrons. The summed E-state index contributed by atoms with van der Waals surface area (Å²) in [5.74, 6) is 0.977. The fourth-order valence-electron chi connectivity index (χ4n) is 2.70. The first-order chi connectivity index (χ1) is 10.2. The van der Waals surface area contributed by atoms with Crippen LogP contribution in [0.2, 0.25) is 0 Å². The predicted octanol–water partition coefficient (Wildman–Crippen LogP) is 2.31. The van der Waals surface area contributed by atoms with Crippen molar-refractivity contribution in [3.05, 3.63) is 29.3 Å². The van der Waals surface area contributed by atoms with Crippen molar-refractivity contribution < 1.29 is 14.6 Å². The van der Waals surface area contributed by atoms with Crippen molar-refractivity contribution >= 4 is 5.91 Å². The molecule has 0 atom stereocenters. The molecule has 1 aliphatic carbocycles. The summed E-state index contributed by atoms with van der Waals surface area (Å²) in [5, 5.41) is 9.00. The van der Waals surface area contributed by atoms with Gasteiger partial charge in [-0.05, 0) is 49.8 Å². The summed E-state index contributed by atoms with van der Waals surface area (Å²) in [6.07, 6.45) is 4.44. The zero-order valence-corrected chi connectivity index (χ0v) is 13.0. The standard InChI is InChI=1S/C17H25NO3/c1-13-7-8-14(11-16(13)21-2)12-17(20)18(9-4-10-19)15-5-3-6-15/h7-8,11,15,19H,3-6,9-10,12H2,1-2H3. The maximum Gasteiger partial charge on any atom is 0.227 e. The van der Waals surface area contributed by atoms with E-state index in [4.69, 9.17) is 9.84 Å². The SMILES string of the molecule is COc1cc(CC(=O)N(CCCO)C2CCC2)ccc1C. The molecule has 1 aromatic carbocycles. The molecule has 0 heterocycles. The van der Waals surface area contributed by atoms with Crippen LogP contribution in [0.25, 0.3) is 0 Å². The van der Waals surface area contributed by atoms with Crippen LogP contribution in [0.1, 0.15) is 36.8 Å². The first-order valence-corrected chi connectivity index (χ1v) is 7.69. The van der Waals surface area contributed by atoms with Gasteiger partial charge < -0.3 is 14.7 Å². The number of amides is 1. The topological polar surface area (TPSA) is 49.8 Å². The quantitative estimate of drug-likeness (QED) is 0.838. The van der Waals surface area contributed by atoms with Gasteiger partial charge in [-0.3, -0.25) is 4.79 Å².